The minimum absolute atomic E-state index is 0.0173. The molecular weight excluding hydrogens is 290 g/mol. The first-order chi connectivity index (χ1) is 8.01. The second kappa shape index (κ2) is 6.45. The standard InChI is InChI=1S/C13H17BrF2O/c1-3-8(4-2)12(17)7-9-11(15)6-5-10(14)13(9)16/h5-6,8,12,17H,3-4,7H2,1-2H3. The quantitative estimate of drug-likeness (QED) is 0.813. The van der Waals surface area contributed by atoms with Gasteiger partial charge >= 0.3 is 0 Å². The van der Waals surface area contributed by atoms with E-state index in [4.69, 9.17) is 0 Å². The van der Waals surface area contributed by atoms with Gasteiger partial charge in [0.1, 0.15) is 11.6 Å². The fraction of sp³-hybridized carbons (Fsp3) is 0.538. The molecule has 0 aromatic heterocycles. The number of rotatable bonds is 5. The van der Waals surface area contributed by atoms with Gasteiger partial charge in [-0.1, -0.05) is 26.7 Å². The van der Waals surface area contributed by atoms with Crippen molar-refractivity contribution in [2.75, 3.05) is 0 Å². The van der Waals surface area contributed by atoms with Gasteiger partial charge in [-0.05, 0) is 34.0 Å². The fourth-order valence-electron chi connectivity index (χ4n) is 1.96. The summed E-state index contributed by atoms with van der Waals surface area (Å²) in [6.07, 6.45) is 0.913. The molecule has 1 unspecified atom stereocenters. The molecular formula is C13H17BrF2O. The molecule has 0 amide bonds. The first-order valence-corrected chi connectivity index (χ1v) is 6.60. The van der Waals surface area contributed by atoms with Crippen LogP contribution in [0.3, 0.4) is 0 Å². The molecule has 0 radical (unpaired) electrons. The molecule has 0 heterocycles. The van der Waals surface area contributed by atoms with Crippen LogP contribution in [0.25, 0.3) is 0 Å². The summed E-state index contributed by atoms with van der Waals surface area (Å²) in [6, 6.07) is 2.54. The highest BCUT2D eigenvalue weighted by atomic mass is 79.9. The maximum atomic E-state index is 13.7. The third-order valence-corrected chi connectivity index (χ3v) is 3.76. The third-order valence-electron chi connectivity index (χ3n) is 3.15. The van der Waals surface area contributed by atoms with Gasteiger partial charge in [0, 0.05) is 12.0 Å². The second-order valence-corrected chi connectivity index (χ2v) is 5.02. The summed E-state index contributed by atoms with van der Waals surface area (Å²) < 4.78 is 27.4. The van der Waals surface area contributed by atoms with E-state index in [1.165, 1.54) is 12.1 Å². The van der Waals surface area contributed by atoms with Gasteiger partial charge < -0.3 is 5.11 Å². The van der Waals surface area contributed by atoms with E-state index in [1.54, 1.807) is 0 Å². The molecule has 0 aliphatic carbocycles. The summed E-state index contributed by atoms with van der Waals surface area (Å²) in [5, 5.41) is 9.95. The Morgan fingerprint density at radius 1 is 1.24 bits per heavy atom. The molecule has 1 N–H and O–H groups in total. The van der Waals surface area contributed by atoms with Crippen molar-refractivity contribution in [3.05, 3.63) is 33.8 Å². The van der Waals surface area contributed by atoms with Crippen molar-refractivity contribution in [1.82, 2.24) is 0 Å². The minimum Gasteiger partial charge on any atom is -0.392 e. The fourth-order valence-corrected chi connectivity index (χ4v) is 2.34. The average molecular weight is 307 g/mol. The van der Waals surface area contributed by atoms with Gasteiger partial charge in [0.25, 0.3) is 0 Å². The number of benzene rings is 1. The van der Waals surface area contributed by atoms with Gasteiger partial charge in [0.05, 0.1) is 10.6 Å². The second-order valence-electron chi connectivity index (χ2n) is 4.17. The van der Waals surface area contributed by atoms with Crippen molar-refractivity contribution in [3.63, 3.8) is 0 Å². The highest BCUT2D eigenvalue weighted by molar-refractivity contribution is 9.10. The van der Waals surface area contributed by atoms with E-state index in [-0.39, 0.29) is 22.4 Å². The molecule has 1 aromatic rings. The molecule has 0 saturated heterocycles. The molecule has 1 rings (SSSR count). The Balaban J connectivity index is 2.91. The smallest absolute Gasteiger partial charge is 0.143 e. The number of halogens is 3. The highest BCUT2D eigenvalue weighted by Gasteiger charge is 2.21. The van der Waals surface area contributed by atoms with E-state index >= 15 is 0 Å². The Morgan fingerprint density at radius 2 is 1.82 bits per heavy atom. The maximum Gasteiger partial charge on any atom is 0.143 e. The zero-order valence-electron chi connectivity index (χ0n) is 10.0. The van der Waals surface area contributed by atoms with Crippen molar-refractivity contribution < 1.29 is 13.9 Å². The predicted molar refractivity (Wildman–Crippen MR) is 67.8 cm³/mol. The van der Waals surface area contributed by atoms with E-state index in [1.807, 2.05) is 13.8 Å². The van der Waals surface area contributed by atoms with E-state index in [0.717, 1.165) is 12.8 Å². The third kappa shape index (κ3) is 3.49. The lowest BCUT2D eigenvalue weighted by molar-refractivity contribution is 0.101. The molecule has 96 valence electrons. The summed E-state index contributed by atoms with van der Waals surface area (Å²) in [5.74, 6) is -1.14. The van der Waals surface area contributed by atoms with Gasteiger partial charge in [0.15, 0.2) is 0 Å². The predicted octanol–water partition coefficient (Wildman–Crippen LogP) is 4.07. The molecule has 0 aliphatic rings. The van der Waals surface area contributed by atoms with Gasteiger partial charge in [0.2, 0.25) is 0 Å². The van der Waals surface area contributed by atoms with Crippen LogP contribution in [0, 0.1) is 17.6 Å². The monoisotopic (exact) mass is 306 g/mol. The van der Waals surface area contributed by atoms with E-state index < -0.39 is 17.7 Å². The summed E-state index contributed by atoms with van der Waals surface area (Å²) in [6.45, 7) is 3.93. The van der Waals surface area contributed by atoms with Gasteiger partial charge in [-0.3, -0.25) is 0 Å². The molecule has 0 spiro atoms. The maximum absolute atomic E-state index is 13.7. The summed E-state index contributed by atoms with van der Waals surface area (Å²) in [7, 11) is 0. The largest absolute Gasteiger partial charge is 0.392 e. The zero-order valence-corrected chi connectivity index (χ0v) is 11.6. The van der Waals surface area contributed by atoms with Crippen molar-refractivity contribution in [3.8, 4) is 0 Å². The molecule has 1 nitrogen and oxygen atoms in total. The Bertz CT molecular complexity index is 378. The number of hydrogen-bond donors (Lipinski definition) is 1. The van der Waals surface area contributed by atoms with Crippen LogP contribution in [-0.2, 0) is 6.42 Å². The Hall–Kier alpha value is -0.480. The summed E-state index contributed by atoms with van der Waals surface area (Å²) >= 11 is 3.02. The van der Waals surface area contributed by atoms with Gasteiger partial charge in [-0.15, -0.1) is 0 Å². The number of aliphatic hydroxyl groups excluding tert-OH is 1. The number of hydrogen-bond acceptors (Lipinski definition) is 1. The minimum atomic E-state index is -0.705. The molecule has 0 bridgehead atoms. The van der Waals surface area contributed by atoms with Crippen molar-refractivity contribution in [2.45, 2.75) is 39.2 Å². The summed E-state index contributed by atoms with van der Waals surface area (Å²) in [5.41, 5.74) is -0.0428. The molecule has 0 fully saturated rings. The Labute approximate surface area is 109 Å². The first kappa shape index (κ1) is 14.6. The van der Waals surface area contributed by atoms with Crippen LogP contribution >= 0.6 is 15.9 Å². The highest BCUT2D eigenvalue weighted by Crippen LogP contribution is 2.25. The van der Waals surface area contributed by atoms with E-state index in [2.05, 4.69) is 15.9 Å². The molecule has 1 aromatic carbocycles. The van der Waals surface area contributed by atoms with E-state index in [9.17, 15) is 13.9 Å². The van der Waals surface area contributed by atoms with Crippen LogP contribution in [0.1, 0.15) is 32.3 Å². The number of aliphatic hydroxyl groups is 1. The van der Waals surface area contributed by atoms with Crippen molar-refractivity contribution >= 4 is 15.9 Å². The van der Waals surface area contributed by atoms with E-state index in [0.29, 0.717) is 0 Å². The van der Waals surface area contributed by atoms with Crippen LogP contribution < -0.4 is 0 Å². The van der Waals surface area contributed by atoms with Crippen LogP contribution in [-0.4, -0.2) is 11.2 Å². The van der Waals surface area contributed by atoms with Gasteiger partial charge in [-0.25, -0.2) is 8.78 Å². The molecule has 1 atom stereocenters. The average Bonchev–Trinajstić information content (AvgIpc) is 2.31. The normalized spacial score (nSPS) is 13.1. The molecule has 0 saturated carbocycles. The SMILES string of the molecule is CCC(CC)C(O)Cc1c(F)ccc(Br)c1F. The van der Waals surface area contributed by atoms with Crippen LogP contribution in [0.4, 0.5) is 8.78 Å². The first-order valence-electron chi connectivity index (χ1n) is 5.81. The molecule has 4 heteroatoms. The van der Waals surface area contributed by atoms with Crippen molar-refractivity contribution in [1.29, 1.82) is 0 Å². The lowest BCUT2D eigenvalue weighted by Crippen LogP contribution is -2.23. The Morgan fingerprint density at radius 3 is 2.35 bits per heavy atom. The zero-order chi connectivity index (χ0) is 13.0. The van der Waals surface area contributed by atoms with Gasteiger partial charge in [-0.2, -0.15) is 0 Å². The Kier molecular flexibility index (Phi) is 5.53. The lowest BCUT2D eigenvalue weighted by Gasteiger charge is -2.20. The lowest BCUT2D eigenvalue weighted by atomic mass is 9.91. The molecule has 17 heavy (non-hydrogen) atoms. The van der Waals surface area contributed by atoms with Crippen LogP contribution in [0.5, 0.6) is 0 Å². The topological polar surface area (TPSA) is 20.2 Å². The van der Waals surface area contributed by atoms with Crippen LogP contribution in [0.2, 0.25) is 0 Å². The molecule has 0 aliphatic heterocycles. The summed E-state index contributed by atoms with van der Waals surface area (Å²) in [4.78, 5) is 0. The van der Waals surface area contributed by atoms with Crippen LogP contribution in [0.15, 0.2) is 16.6 Å². The van der Waals surface area contributed by atoms with Crippen molar-refractivity contribution in [2.24, 2.45) is 5.92 Å².